The van der Waals surface area contributed by atoms with Crippen molar-refractivity contribution in [3.63, 3.8) is 0 Å². The fraction of sp³-hybridized carbons (Fsp3) is 0.404. The smallest absolute Gasteiger partial charge is 0.343 e. The maximum atomic E-state index is 15.7. The number of imide groups is 1. The zero-order valence-electron chi connectivity index (χ0n) is 40.8. The predicted molar refractivity (Wildman–Crippen MR) is 261 cm³/mol. The SMILES string of the molecule is CC[C@@]1(O)C(=O)OCc2c1cc1n(c2=O)Cc2c-1nc1cc(F)c(C)c3c1c2[C@@H](N(CCC(N)=O)C(=O)CNC(=O)[C@H](Cc1ccccc1)NC(=O)CNC(=O)CNC(=O)CCCCCN1C(=O)C=CC1=O)CC3. The molecule has 8 rings (SSSR count). The van der Waals surface area contributed by atoms with Crippen molar-refractivity contribution < 1.29 is 57.4 Å². The maximum Gasteiger partial charge on any atom is 0.343 e. The van der Waals surface area contributed by atoms with Gasteiger partial charge in [0, 0.05) is 67.1 Å². The summed E-state index contributed by atoms with van der Waals surface area (Å²) in [7, 11) is 0. The lowest BCUT2D eigenvalue weighted by atomic mass is 9.81. The molecule has 5 heterocycles. The number of halogens is 1. The number of nitrogens with one attached hydrogen (secondary N) is 4. The molecule has 7 N–H and O–H groups in total. The van der Waals surface area contributed by atoms with Gasteiger partial charge in [0.1, 0.15) is 18.5 Å². The van der Waals surface area contributed by atoms with Crippen LogP contribution in [0.25, 0.3) is 22.3 Å². The van der Waals surface area contributed by atoms with Gasteiger partial charge >= 0.3 is 5.97 Å². The minimum absolute atomic E-state index is 0.0146. The molecule has 3 atom stereocenters. The highest BCUT2D eigenvalue weighted by atomic mass is 19.1. The van der Waals surface area contributed by atoms with Crippen LogP contribution < -0.4 is 32.6 Å². The Balaban J connectivity index is 0.965. The van der Waals surface area contributed by atoms with E-state index in [1.165, 1.54) is 33.8 Å². The molecule has 22 heteroatoms. The Hall–Kier alpha value is -8.14. The Morgan fingerprint density at radius 1 is 0.905 bits per heavy atom. The van der Waals surface area contributed by atoms with Crippen LogP contribution in [-0.4, -0.2) is 116 Å². The number of unbranched alkanes of at least 4 members (excludes halogenated alkanes) is 2. The van der Waals surface area contributed by atoms with Crippen molar-refractivity contribution in [2.24, 2.45) is 5.73 Å². The van der Waals surface area contributed by atoms with E-state index in [2.05, 4.69) is 21.3 Å². The summed E-state index contributed by atoms with van der Waals surface area (Å²) in [5.74, 6) is -6.12. The number of ether oxygens (including phenoxy) is 1. The fourth-order valence-corrected chi connectivity index (χ4v) is 10.1. The van der Waals surface area contributed by atoms with Crippen molar-refractivity contribution in [2.45, 2.75) is 102 Å². The van der Waals surface area contributed by atoms with Crippen LogP contribution in [0.2, 0.25) is 0 Å². The van der Waals surface area contributed by atoms with E-state index < -0.39 is 90.1 Å². The van der Waals surface area contributed by atoms with Crippen molar-refractivity contribution in [3.8, 4) is 11.4 Å². The van der Waals surface area contributed by atoms with Crippen LogP contribution in [0.3, 0.4) is 0 Å². The van der Waals surface area contributed by atoms with Gasteiger partial charge in [0.05, 0.1) is 54.7 Å². The van der Waals surface area contributed by atoms with Gasteiger partial charge in [-0.1, -0.05) is 43.7 Å². The summed E-state index contributed by atoms with van der Waals surface area (Å²) in [6.07, 6.45) is 4.15. The summed E-state index contributed by atoms with van der Waals surface area (Å²) in [4.78, 5) is 137. The topological polar surface area (TPSA) is 299 Å². The summed E-state index contributed by atoms with van der Waals surface area (Å²) >= 11 is 0. The first-order valence-corrected chi connectivity index (χ1v) is 24.5. The van der Waals surface area contributed by atoms with Crippen LogP contribution in [0.4, 0.5) is 4.39 Å². The third kappa shape index (κ3) is 10.7. The molecule has 4 aliphatic rings. The second-order valence-corrected chi connectivity index (χ2v) is 18.7. The lowest BCUT2D eigenvalue weighted by molar-refractivity contribution is -0.172. The van der Waals surface area contributed by atoms with Gasteiger partial charge in [-0.15, -0.1) is 0 Å². The molecule has 0 saturated carbocycles. The molecule has 2 aromatic heterocycles. The standard InChI is InChI=1S/C52H56FN9O12/c1-3-52(73)33-21-38-48-31(26-62(38)50(71)32(33)27-74-51(52)72)47-37(14-13-30-28(2)34(53)22-35(59-48)46(30)47)60(19-17-39(54)63)45(69)25-57-49(70)36(20-29-10-6-4-7-11-29)58-42(66)24-56-41(65)23-55-40(64)12-8-5-9-18-61-43(67)15-16-44(61)68/h4,6-7,10-11,15-16,21-22,36-37,73H,3,5,8-9,12-14,17-20,23-27H2,1-2H3,(H2,54,63)(H,55,64)(H,56,65)(H,57,70)(H,58,66)/t36-,37-,52-/m0/s1. The quantitative estimate of drug-likeness (QED) is 0.0337. The number of aromatic nitrogens is 2. The maximum absolute atomic E-state index is 15.7. The lowest BCUT2D eigenvalue weighted by Gasteiger charge is -2.37. The number of esters is 1. The minimum Gasteiger partial charge on any atom is -0.458 e. The van der Waals surface area contributed by atoms with Gasteiger partial charge in [0.25, 0.3) is 17.4 Å². The number of primary amides is 1. The molecule has 0 bridgehead atoms. The van der Waals surface area contributed by atoms with Gasteiger partial charge in [-0.25, -0.2) is 14.2 Å². The molecule has 4 aromatic rings. The zero-order valence-corrected chi connectivity index (χ0v) is 40.8. The third-order valence-electron chi connectivity index (χ3n) is 14.1. The first-order valence-electron chi connectivity index (χ1n) is 24.5. The number of fused-ring (bicyclic) bond motifs is 5. The van der Waals surface area contributed by atoms with Crippen LogP contribution in [0.1, 0.15) is 96.9 Å². The molecule has 0 unspecified atom stereocenters. The van der Waals surface area contributed by atoms with E-state index in [1.807, 2.05) is 0 Å². The van der Waals surface area contributed by atoms with E-state index in [0.29, 0.717) is 52.5 Å². The highest BCUT2D eigenvalue weighted by Crippen LogP contribution is 2.47. The largest absolute Gasteiger partial charge is 0.458 e. The number of amides is 8. The number of hydrogen-bond donors (Lipinski definition) is 6. The van der Waals surface area contributed by atoms with E-state index in [-0.39, 0.29) is 105 Å². The molecule has 74 heavy (non-hydrogen) atoms. The van der Waals surface area contributed by atoms with Gasteiger partial charge < -0.3 is 46.3 Å². The number of nitrogens with zero attached hydrogens (tertiary/aromatic N) is 4. The summed E-state index contributed by atoms with van der Waals surface area (Å²) in [6.45, 7) is 1.26. The van der Waals surface area contributed by atoms with Crippen molar-refractivity contribution in [2.75, 3.05) is 32.7 Å². The molecular formula is C52H56FN9O12. The Bertz CT molecular complexity index is 3090. The molecular weight excluding hydrogens is 962 g/mol. The summed E-state index contributed by atoms with van der Waals surface area (Å²) in [6, 6.07) is 9.47. The molecule has 0 fully saturated rings. The van der Waals surface area contributed by atoms with Crippen LogP contribution >= 0.6 is 0 Å². The van der Waals surface area contributed by atoms with E-state index in [0.717, 1.165) is 4.90 Å². The molecule has 21 nitrogen and oxygen atoms in total. The molecule has 1 aliphatic carbocycles. The molecule has 0 saturated heterocycles. The first-order chi connectivity index (χ1) is 35.4. The van der Waals surface area contributed by atoms with Gasteiger partial charge in [-0.05, 0) is 67.3 Å². The lowest BCUT2D eigenvalue weighted by Crippen LogP contribution is -2.53. The second-order valence-electron chi connectivity index (χ2n) is 18.7. The van der Waals surface area contributed by atoms with Crippen LogP contribution in [-0.2, 0) is 79.5 Å². The highest BCUT2D eigenvalue weighted by Gasteiger charge is 2.46. The van der Waals surface area contributed by atoms with Gasteiger partial charge in [0.15, 0.2) is 5.60 Å². The van der Waals surface area contributed by atoms with Crippen molar-refractivity contribution in [3.05, 3.63) is 110 Å². The monoisotopic (exact) mass is 1020 g/mol. The predicted octanol–water partition coefficient (Wildman–Crippen LogP) is 0.780. The molecule has 0 radical (unpaired) electrons. The Labute approximate surface area is 423 Å². The van der Waals surface area contributed by atoms with Crippen LogP contribution in [0.5, 0.6) is 0 Å². The van der Waals surface area contributed by atoms with Crippen LogP contribution in [0, 0.1) is 12.7 Å². The van der Waals surface area contributed by atoms with Crippen LogP contribution in [0.15, 0.2) is 59.4 Å². The van der Waals surface area contributed by atoms with E-state index in [4.69, 9.17) is 15.5 Å². The van der Waals surface area contributed by atoms with Crippen molar-refractivity contribution in [1.82, 2.24) is 40.6 Å². The summed E-state index contributed by atoms with van der Waals surface area (Å²) in [5, 5.41) is 22.2. The summed E-state index contributed by atoms with van der Waals surface area (Å²) < 4.78 is 22.3. The number of carbonyl (C=O) groups is 9. The number of aliphatic hydroxyl groups is 1. The van der Waals surface area contributed by atoms with Gasteiger partial charge in [0.2, 0.25) is 35.4 Å². The average molecular weight is 1020 g/mol. The minimum atomic E-state index is -2.11. The Morgan fingerprint density at radius 2 is 1.62 bits per heavy atom. The fourth-order valence-electron chi connectivity index (χ4n) is 10.1. The molecule has 8 amide bonds. The average Bonchev–Trinajstić information content (AvgIpc) is 3.92. The number of hydrogen-bond acceptors (Lipinski definition) is 13. The number of aryl methyl sites for hydroxylation is 1. The number of carbonyl (C=O) groups excluding carboxylic acids is 9. The number of rotatable bonds is 21. The summed E-state index contributed by atoms with van der Waals surface area (Å²) in [5.41, 5.74) is 6.71. The van der Waals surface area contributed by atoms with Gasteiger partial charge in [-0.2, -0.15) is 0 Å². The Kier molecular flexibility index (Phi) is 15.5. The third-order valence-corrected chi connectivity index (χ3v) is 14.1. The first kappa shape index (κ1) is 52.2. The van der Waals surface area contributed by atoms with Gasteiger partial charge in [-0.3, -0.25) is 48.1 Å². The highest BCUT2D eigenvalue weighted by molar-refractivity contribution is 6.12. The number of nitrogens with two attached hydrogens (primary N) is 1. The number of benzene rings is 2. The van der Waals surface area contributed by atoms with E-state index in [9.17, 15) is 53.1 Å². The van der Waals surface area contributed by atoms with E-state index >= 15 is 4.39 Å². The number of cyclic esters (lactones) is 1. The zero-order chi connectivity index (χ0) is 53.0. The normalized spacial score (nSPS) is 17.5. The molecule has 2 aromatic carbocycles. The molecule has 0 spiro atoms. The Morgan fingerprint density at radius 3 is 2.34 bits per heavy atom. The van der Waals surface area contributed by atoms with Crippen molar-refractivity contribution in [1.29, 1.82) is 0 Å². The molecule has 388 valence electrons. The van der Waals surface area contributed by atoms with E-state index in [1.54, 1.807) is 44.2 Å². The molecule has 3 aliphatic heterocycles. The van der Waals surface area contributed by atoms with Crippen molar-refractivity contribution >= 4 is 64.1 Å². The second kappa shape index (κ2) is 21.9. The number of pyridine rings is 2.